The van der Waals surface area contributed by atoms with Crippen LogP contribution in [-0.2, 0) is 4.79 Å². The average molecular weight is 429 g/mol. The van der Waals surface area contributed by atoms with Crippen molar-refractivity contribution in [2.75, 3.05) is 26.2 Å². The number of benzene rings is 2. The molecule has 3 rings (SSSR count). The van der Waals surface area contributed by atoms with Crippen molar-refractivity contribution in [3.05, 3.63) is 70.8 Å². The first-order chi connectivity index (χ1) is 14.8. The van der Waals surface area contributed by atoms with Crippen LogP contribution in [0.3, 0.4) is 0 Å². The van der Waals surface area contributed by atoms with Crippen LogP contribution in [0.2, 0.25) is 0 Å². The summed E-state index contributed by atoms with van der Waals surface area (Å²) in [6, 6.07) is 9.69. The largest absolute Gasteiger partial charge is 0.354 e. The molecule has 2 aromatic carbocycles. The Labute approximate surface area is 179 Å². The van der Waals surface area contributed by atoms with Gasteiger partial charge in [-0.3, -0.25) is 14.4 Å². The van der Waals surface area contributed by atoms with E-state index in [1.807, 2.05) is 0 Å². The molecule has 0 atom stereocenters. The van der Waals surface area contributed by atoms with Crippen LogP contribution in [0, 0.1) is 24.5 Å². The number of hydrogen-bond acceptors (Lipinski definition) is 3. The van der Waals surface area contributed by atoms with Crippen LogP contribution >= 0.6 is 0 Å². The molecule has 3 amide bonds. The number of carbonyl (C=O) groups excluding carboxylic acids is 3. The number of aryl methyl sites for hydroxylation is 1. The smallest absolute Gasteiger partial charge is 0.253 e. The standard InChI is InChI=1S/C23H25F2N3O3/c1-15-2-3-18(14-20(15)25)22(30)27-11-10-26-21(29)16-8-12-28(13-9-16)23(31)17-4-6-19(24)7-5-17/h2-7,14,16H,8-13H2,1H3,(H,26,29)(H,27,30). The lowest BCUT2D eigenvalue weighted by atomic mass is 9.95. The van der Waals surface area contributed by atoms with Crippen molar-refractivity contribution in [2.24, 2.45) is 5.92 Å². The molecule has 0 aliphatic carbocycles. The second-order valence-electron chi connectivity index (χ2n) is 7.58. The van der Waals surface area contributed by atoms with Gasteiger partial charge in [-0.05, 0) is 61.7 Å². The van der Waals surface area contributed by atoms with Crippen LogP contribution in [0.25, 0.3) is 0 Å². The molecule has 0 bridgehead atoms. The molecule has 2 N–H and O–H groups in total. The summed E-state index contributed by atoms with van der Waals surface area (Å²) in [6.07, 6.45) is 1.07. The number of piperidine rings is 1. The summed E-state index contributed by atoms with van der Waals surface area (Å²) < 4.78 is 26.6. The van der Waals surface area contributed by atoms with E-state index in [4.69, 9.17) is 0 Å². The average Bonchev–Trinajstić information content (AvgIpc) is 2.78. The maximum atomic E-state index is 13.6. The monoisotopic (exact) mass is 429 g/mol. The van der Waals surface area contributed by atoms with Crippen molar-refractivity contribution in [3.8, 4) is 0 Å². The molecule has 8 heteroatoms. The zero-order chi connectivity index (χ0) is 22.4. The Morgan fingerprint density at radius 3 is 2.19 bits per heavy atom. The zero-order valence-corrected chi connectivity index (χ0v) is 17.3. The molecule has 164 valence electrons. The number of amides is 3. The summed E-state index contributed by atoms with van der Waals surface area (Å²) in [5, 5.41) is 5.44. The first-order valence-corrected chi connectivity index (χ1v) is 10.2. The predicted molar refractivity (Wildman–Crippen MR) is 112 cm³/mol. The van der Waals surface area contributed by atoms with Crippen LogP contribution in [0.5, 0.6) is 0 Å². The molecule has 0 unspecified atom stereocenters. The molecular formula is C23H25F2N3O3. The van der Waals surface area contributed by atoms with E-state index in [-0.39, 0.29) is 36.4 Å². The second-order valence-corrected chi connectivity index (χ2v) is 7.58. The maximum absolute atomic E-state index is 13.6. The SMILES string of the molecule is Cc1ccc(C(=O)NCCNC(=O)C2CCN(C(=O)c3ccc(F)cc3)CC2)cc1F. The van der Waals surface area contributed by atoms with Gasteiger partial charge >= 0.3 is 0 Å². The minimum Gasteiger partial charge on any atom is -0.354 e. The van der Waals surface area contributed by atoms with Gasteiger partial charge in [0.25, 0.3) is 11.8 Å². The number of hydrogen-bond donors (Lipinski definition) is 2. The highest BCUT2D eigenvalue weighted by molar-refractivity contribution is 5.95. The molecule has 1 heterocycles. The van der Waals surface area contributed by atoms with Gasteiger partial charge in [-0.2, -0.15) is 0 Å². The van der Waals surface area contributed by atoms with Gasteiger partial charge in [0.05, 0.1) is 0 Å². The molecule has 1 aliphatic heterocycles. The van der Waals surface area contributed by atoms with Gasteiger partial charge in [-0.1, -0.05) is 6.07 Å². The molecule has 0 aromatic heterocycles. The van der Waals surface area contributed by atoms with Gasteiger partial charge in [-0.25, -0.2) is 8.78 Å². The lowest BCUT2D eigenvalue weighted by Crippen LogP contribution is -2.44. The Bertz CT molecular complexity index is 955. The van der Waals surface area contributed by atoms with Gasteiger partial charge in [0.1, 0.15) is 11.6 Å². The summed E-state index contributed by atoms with van der Waals surface area (Å²) in [7, 11) is 0. The van der Waals surface area contributed by atoms with Crippen LogP contribution in [0.15, 0.2) is 42.5 Å². The summed E-state index contributed by atoms with van der Waals surface area (Å²) in [5.74, 6) is -1.74. The summed E-state index contributed by atoms with van der Waals surface area (Å²) in [6.45, 7) is 3.00. The number of nitrogens with one attached hydrogen (secondary N) is 2. The third-order valence-corrected chi connectivity index (χ3v) is 5.39. The minimum atomic E-state index is -0.440. The van der Waals surface area contributed by atoms with E-state index in [1.54, 1.807) is 24.0 Å². The van der Waals surface area contributed by atoms with Crippen molar-refractivity contribution in [2.45, 2.75) is 19.8 Å². The van der Waals surface area contributed by atoms with Crippen LogP contribution < -0.4 is 10.6 Å². The fourth-order valence-corrected chi connectivity index (χ4v) is 3.46. The van der Waals surface area contributed by atoms with Crippen molar-refractivity contribution in [1.82, 2.24) is 15.5 Å². The first kappa shape index (κ1) is 22.4. The number of rotatable bonds is 6. The van der Waals surface area contributed by atoms with Crippen LogP contribution in [-0.4, -0.2) is 48.8 Å². The van der Waals surface area contributed by atoms with Crippen molar-refractivity contribution in [1.29, 1.82) is 0 Å². The normalized spacial score (nSPS) is 14.2. The van der Waals surface area contributed by atoms with Crippen molar-refractivity contribution in [3.63, 3.8) is 0 Å². The molecular weight excluding hydrogens is 404 g/mol. The molecule has 1 saturated heterocycles. The van der Waals surface area contributed by atoms with Gasteiger partial charge in [0.2, 0.25) is 5.91 Å². The predicted octanol–water partition coefficient (Wildman–Crippen LogP) is 2.67. The Morgan fingerprint density at radius 1 is 0.935 bits per heavy atom. The summed E-state index contributed by atoms with van der Waals surface area (Å²) in [4.78, 5) is 38.5. The van der Waals surface area contributed by atoms with Gasteiger partial charge < -0.3 is 15.5 Å². The number of nitrogens with zero attached hydrogens (tertiary/aromatic N) is 1. The molecule has 0 spiro atoms. The fourth-order valence-electron chi connectivity index (χ4n) is 3.46. The topological polar surface area (TPSA) is 78.5 Å². The number of halogens is 2. The molecule has 1 aliphatic rings. The third kappa shape index (κ3) is 5.87. The van der Waals surface area contributed by atoms with Gasteiger partial charge in [0, 0.05) is 43.2 Å². The van der Waals surface area contributed by atoms with E-state index in [9.17, 15) is 23.2 Å². The van der Waals surface area contributed by atoms with Crippen molar-refractivity contribution >= 4 is 17.7 Å². The third-order valence-electron chi connectivity index (χ3n) is 5.39. The molecule has 1 fully saturated rings. The zero-order valence-electron chi connectivity index (χ0n) is 17.3. The molecule has 0 radical (unpaired) electrons. The maximum Gasteiger partial charge on any atom is 0.253 e. The van der Waals surface area contributed by atoms with E-state index < -0.39 is 17.5 Å². The van der Waals surface area contributed by atoms with E-state index in [0.29, 0.717) is 37.1 Å². The fraction of sp³-hybridized carbons (Fsp3) is 0.348. The van der Waals surface area contributed by atoms with E-state index in [2.05, 4.69) is 10.6 Å². The molecule has 0 saturated carbocycles. The minimum absolute atomic E-state index is 0.121. The Morgan fingerprint density at radius 2 is 1.55 bits per heavy atom. The second kappa shape index (κ2) is 10.1. The molecule has 31 heavy (non-hydrogen) atoms. The number of likely N-dealkylation sites (tertiary alicyclic amines) is 1. The quantitative estimate of drug-likeness (QED) is 0.693. The highest BCUT2D eigenvalue weighted by Crippen LogP contribution is 2.19. The highest BCUT2D eigenvalue weighted by Gasteiger charge is 2.27. The highest BCUT2D eigenvalue weighted by atomic mass is 19.1. The van der Waals surface area contributed by atoms with Gasteiger partial charge in [0.15, 0.2) is 0 Å². The van der Waals surface area contributed by atoms with Crippen LogP contribution in [0.1, 0.15) is 39.1 Å². The van der Waals surface area contributed by atoms with Gasteiger partial charge in [-0.15, -0.1) is 0 Å². The van der Waals surface area contributed by atoms with E-state index in [0.717, 1.165) is 0 Å². The molecule has 6 nitrogen and oxygen atoms in total. The van der Waals surface area contributed by atoms with Crippen LogP contribution in [0.4, 0.5) is 8.78 Å². The Kier molecular flexibility index (Phi) is 7.33. The van der Waals surface area contributed by atoms with E-state index in [1.165, 1.54) is 30.3 Å². The summed E-state index contributed by atoms with van der Waals surface area (Å²) in [5.41, 5.74) is 1.12. The van der Waals surface area contributed by atoms with Crippen molar-refractivity contribution < 1.29 is 23.2 Å². The number of carbonyl (C=O) groups is 3. The molecule has 2 aromatic rings. The lowest BCUT2D eigenvalue weighted by molar-refractivity contribution is -0.126. The first-order valence-electron chi connectivity index (χ1n) is 10.2. The summed E-state index contributed by atoms with van der Waals surface area (Å²) >= 11 is 0. The Hall–Kier alpha value is -3.29. The van der Waals surface area contributed by atoms with E-state index >= 15 is 0 Å². The Balaban J connectivity index is 1.38. The lowest BCUT2D eigenvalue weighted by Gasteiger charge is -2.31.